The van der Waals surface area contributed by atoms with Crippen molar-refractivity contribution in [2.45, 2.75) is 63.8 Å². The quantitative estimate of drug-likeness (QED) is 0.805. The first kappa shape index (κ1) is 16.7. The van der Waals surface area contributed by atoms with Crippen molar-refractivity contribution in [2.24, 2.45) is 5.92 Å². The molecular formula is C20H26N2O3. The molecule has 1 aromatic carbocycles. The molecule has 25 heavy (non-hydrogen) atoms. The molecule has 0 amide bonds. The summed E-state index contributed by atoms with van der Waals surface area (Å²) < 4.78 is 17.8. The average molecular weight is 342 g/mol. The van der Waals surface area contributed by atoms with Gasteiger partial charge in [-0.05, 0) is 30.7 Å². The zero-order valence-electron chi connectivity index (χ0n) is 14.8. The molecule has 1 saturated heterocycles. The van der Waals surface area contributed by atoms with Gasteiger partial charge in [-0.25, -0.2) is 0 Å². The van der Waals surface area contributed by atoms with Crippen LogP contribution in [0.5, 0.6) is 0 Å². The molecular weight excluding hydrogens is 316 g/mol. The predicted octanol–water partition coefficient (Wildman–Crippen LogP) is 4.41. The van der Waals surface area contributed by atoms with Gasteiger partial charge in [0.2, 0.25) is 11.8 Å². The molecule has 1 saturated carbocycles. The van der Waals surface area contributed by atoms with Crippen LogP contribution in [0.25, 0.3) is 0 Å². The fourth-order valence-electron chi connectivity index (χ4n) is 4.01. The van der Waals surface area contributed by atoms with E-state index in [4.69, 9.17) is 13.9 Å². The predicted molar refractivity (Wildman–Crippen MR) is 93.0 cm³/mol. The van der Waals surface area contributed by atoms with Gasteiger partial charge >= 0.3 is 0 Å². The molecule has 4 atom stereocenters. The normalized spacial score (nSPS) is 29.8. The molecule has 2 fully saturated rings. The van der Waals surface area contributed by atoms with Crippen molar-refractivity contribution in [2.75, 3.05) is 6.61 Å². The van der Waals surface area contributed by atoms with Gasteiger partial charge in [0.05, 0.1) is 18.1 Å². The molecule has 1 aliphatic carbocycles. The van der Waals surface area contributed by atoms with Gasteiger partial charge in [-0.1, -0.05) is 50.1 Å². The van der Waals surface area contributed by atoms with Gasteiger partial charge in [0.15, 0.2) is 0 Å². The summed E-state index contributed by atoms with van der Waals surface area (Å²) in [4.78, 5) is 0. The van der Waals surface area contributed by atoms with E-state index in [1.165, 1.54) is 12.8 Å². The molecule has 0 spiro atoms. The Kier molecular flexibility index (Phi) is 5.13. The van der Waals surface area contributed by atoms with Crippen molar-refractivity contribution in [3.05, 3.63) is 47.7 Å². The lowest BCUT2D eigenvalue weighted by Gasteiger charge is -2.26. The second-order valence-corrected chi connectivity index (χ2v) is 7.34. The Labute approximate surface area is 148 Å². The Balaban J connectivity index is 1.39. The number of aromatic nitrogens is 2. The summed E-state index contributed by atoms with van der Waals surface area (Å²) in [6.07, 6.45) is 6.06. The molecule has 1 aliphatic heterocycles. The topological polar surface area (TPSA) is 57.4 Å². The fraction of sp³-hybridized carbons (Fsp3) is 0.600. The average Bonchev–Trinajstić information content (AvgIpc) is 3.30. The number of rotatable bonds is 5. The summed E-state index contributed by atoms with van der Waals surface area (Å²) in [6, 6.07) is 10.3. The minimum Gasteiger partial charge on any atom is -0.422 e. The monoisotopic (exact) mass is 342 g/mol. The highest BCUT2D eigenvalue weighted by Crippen LogP contribution is 2.41. The van der Waals surface area contributed by atoms with Crippen LogP contribution in [0.15, 0.2) is 34.7 Å². The van der Waals surface area contributed by atoms with E-state index < -0.39 is 0 Å². The van der Waals surface area contributed by atoms with Gasteiger partial charge in [0.1, 0.15) is 6.61 Å². The lowest BCUT2D eigenvalue weighted by Crippen LogP contribution is -2.21. The molecule has 0 radical (unpaired) electrons. The maximum Gasteiger partial charge on any atom is 0.242 e. The number of hydrogen-bond acceptors (Lipinski definition) is 5. The van der Waals surface area contributed by atoms with Crippen molar-refractivity contribution in [1.29, 1.82) is 0 Å². The van der Waals surface area contributed by atoms with Gasteiger partial charge in [-0.3, -0.25) is 0 Å². The SMILES string of the molecule is C[C@H]1CCC[C@H](OCc2nnc([C@H]3CCO[C@@H]3c3ccccc3)o2)C1. The van der Waals surface area contributed by atoms with Gasteiger partial charge in [-0.15, -0.1) is 10.2 Å². The molecule has 5 heteroatoms. The molecule has 0 unspecified atom stereocenters. The van der Waals surface area contributed by atoms with Crippen LogP contribution in [-0.2, 0) is 16.1 Å². The molecule has 1 aromatic heterocycles. The maximum absolute atomic E-state index is 6.00. The summed E-state index contributed by atoms with van der Waals surface area (Å²) in [7, 11) is 0. The number of hydrogen-bond donors (Lipinski definition) is 0. The second-order valence-electron chi connectivity index (χ2n) is 7.34. The number of benzene rings is 1. The van der Waals surface area contributed by atoms with E-state index >= 15 is 0 Å². The van der Waals surface area contributed by atoms with Crippen molar-refractivity contribution >= 4 is 0 Å². The van der Waals surface area contributed by atoms with Crippen LogP contribution in [0, 0.1) is 5.92 Å². The lowest BCUT2D eigenvalue weighted by molar-refractivity contribution is -0.00522. The first-order valence-corrected chi connectivity index (χ1v) is 9.40. The van der Waals surface area contributed by atoms with E-state index in [1.54, 1.807) is 0 Å². The number of nitrogens with zero attached hydrogens (tertiary/aromatic N) is 2. The summed E-state index contributed by atoms with van der Waals surface area (Å²) >= 11 is 0. The Hall–Kier alpha value is -1.72. The van der Waals surface area contributed by atoms with Crippen LogP contribution >= 0.6 is 0 Å². The third-order valence-corrected chi connectivity index (χ3v) is 5.35. The van der Waals surface area contributed by atoms with E-state index in [0.717, 1.165) is 37.4 Å². The van der Waals surface area contributed by atoms with Crippen molar-refractivity contribution in [3.8, 4) is 0 Å². The van der Waals surface area contributed by atoms with E-state index in [9.17, 15) is 0 Å². The second kappa shape index (κ2) is 7.67. The first-order chi connectivity index (χ1) is 12.3. The molecule has 0 N–H and O–H groups in total. The summed E-state index contributed by atoms with van der Waals surface area (Å²) in [5.74, 6) is 2.12. The highest BCUT2D eigenvalue weighted by molar-refractivity contribution is 5.21. The minimum atomic E-state index is -0.00499. The van der Waals surface area contributed by atoms with E-state index in [0.29, 0.717) is 24.5 Å². The highest BCUT2D eigenvalue weighted by Gasteiger charge is 2.35. The largest absolute Gasteiger partial charge is 0.422 e. The smallest absolute Gasteiger partial charge is 0.242 e. The molecule has 2 aliphatic rings. The lowest BCUT2D eigenvalue weighted by atomic mass is 9.89. The molecule has 134 valence electrons. The Morgan fingerprint density at radius 2 is 2.00 bits per heavy atom. The third-order valence-electron chi connectivity index (χ3n) is 5.35. The Morgan fingerprint density at radius 3 is 2.84 bits per heavy atom. The Bertz CT molecular complexity index is 673. The third kappa shape index (κ3) is 3.93. The summed E-state index contributed by atoms with van der Waals surface area (Å²) in [6.45, 7) is 3.43. The van der Waals surface area contributed by atoms with Crippen LogP contribution in [0.4, 0.5) is 0 Å². The molecule has 5 nitrogen and oxygen atoms in total. The van der Waals surface area contributed by atoms with Crippen LogP contribution in [0.2, 0.25) is 0 Å². The fourth-order valence-corrected chi connectivity index (χ4v) is 4.01. The van der Waals surface area contributed by atoms with Crippen molar-refractivity contribution in [1.82, 2.24) is 10.2 Å². The van der Waals surface area contributed by atoms with Crippen LogP contribution in [0.3, 0.4) is 0 Å². The van der Waals surface area contributed by atoms with Gasteiger partial charge in [-0.2, -0.15) is 0 Å². The van der Waals surface area contributed by atoms with E-state index in [1.807, 2.05) is 18.2 Å². The minimum absolute atomic E-state index is 0.00499. The van der Waals surface area contributed by atoms with E-state index in [2.05, 4.69) is 29.3 Å². The van der Waals surface area contributed by atoms with Gasteiger partial charge in [0.25, 0.3) is 0 Å². The zero-order chi connectivity index (χ0) is 17.1. The maximum atomic E-state index is 6.00. The zero-order valence-corrected chi connectivity index (χ0v) is 14.8. The van der Waals surface area contributed by atoms with Crippen LogP contribution in [-0.4, -0.2) is 22.9 Å². The Morgan fingerprint density at radius 1 is 1.12 bits per heavy atom. The van der Waals surface area contributed by atoms with Crippen LogP contribution < -0.4 is 0 Å². The molecule has 0 bridgehead atoms. The highest BCUT2D eigenvalue weighted by atomic mass is 16.5. The molecule has 2 aromatic rings. The summed E-state index contributed by atoms with van der Waals surface area (Å²) in [5.41, 5.74) is 1.16. The van der Waals surface area contributed by atoms with Crippen molar-refractivity contribution in [3.63, 3.8) is 0 Å². The van der Waals surface area contributed by atoms with E-state index in [-0.39, 0.29) is 12.0 Å². The molecule has 4 rings (SSSR count). The van der Waals surface area contributed by atoms with Crippen LogP contribution in [0.1, 0.15) is 68.4 Å². The van der Waals surface area contributed by atoms with Crippen molar-refractivity contribution < 1.29 is 13.9 Å². The van der Waals surface area contributed by atoms with Gasteiger partial charge in [0, 0.05) is 6.61 Å². The summed E-state index contributed by atoms with van der Waals surface area (Å²) in [5, 5.41) is 8.47. The van der Waals surface area contributed by atoms with Gasteiger partial charge < -0.3 is 13.9 Å². The molecule has 2 heterocycles. The number of ether oxygens (including phenoxy) is 2. The first-order valence-electron chi connectivity index (χ1n) is 9.40. The standard InChI is InChI=1S/C20H26N2O3/c1-14-6-5-9-16(12-14)24-13-18-21-22-20(25-18)17-10-11-23-19(17)15-7-3-2-4-8-15/h2-4,7-8,14,16-17,19H,5-6,9-13H2,1H3/t14-,16-,17-,19+/m0/s1.